The first kappa shape index (κ1) is 19.1. The molecule has 1 amide bonds. The van der Waals surface area contributed by atoms with Gasteiger partial charge in [-0.05, 0) is 30.3 Å². The fraction of sp³-hybridized carbons (Fsp3) is 0.190. The second-order valence-corrected chi connectivity index (χ2v) is 7.73. The van der Waals surface area contributed by atoms with Gasteiger partial charge in [-0.15, -0.1) is 0 Å². The van der Waals surface area contributed by atoms with Crippen molar-refractivity contribution in [1.29, 1.82) is 0 Å². The zero-order valence-corrected chi connectivity index (χ0v) is 16.5. The highest BCUT2D eigenvalue weighted by atomic mass is 35.5. The molecular weight excluding hydrogens is 395 g/mol. The zero-order chi connectivity index (χ0) is 20.8. The Labute approximate surface area is 171 Å². The standard InChI is InChI=1S/C21H18ClFN4O2/c1-21(2,20(28)27-18-14(24)7-4-10-25-18)16-11-5-3-6-13(23)17(11)29-19-12(16)8-9-15(22)26-19/h3-10,16H,24H2,1-2H3,(H,25,27,28). The third kappa shape index (κ3) is 3.27. The number of amides is 1. The van der Waals surface area contributed by atoms with Crippen LogP contribution in [0, 0.1) is 11.2 Å². The molecule has 1 aliphatic rings. The molecule has 0 saturated heterocycles. The van der Waals surface area contributed by atoms with Crippen LogP contribution < -0.4 is 15.8 Å². The van der Waals surface area contributed by atoms with Gasteiger partial charge in [0.1, 0.15) is 5.15 Å². The van der Waals surface area contributed by atoms with Gasteiger partial charge in [0.25, 0.3) is 0 Å². The second-order valence-electron chi connectivity index (χ2n) is 7.34. The lowest BCUT2D eigenvalue weighted by atomic mass is 9.69. The average molecular weight is 413 g/mol. The number of hydrogen-bond donors (Lipinski definition) is 2. The molecule has 3 heterocycles. The number of carbonyl (C=O) groups is 1. The van der Waals surface area contributed by atoms with E-state index < -0.39 is 17.2 Å². The van der Waals surface area contributed by atoms with E-state index in [-0.39, 0.29) is 28.5 Å². The quantitative estimate of drug-likeness (QED) is 0.605. The topological polar surface area (TPSA) is 90.1 Å². The van der Waals surface area contributed by atoms with E-state index in [4.69, 9.17) is 22.1 Å². The van der Waals surface area contributed by atoms with Crippen molar-refractivity contribution >= 4 is 29.0 Å². The monoisotopic (exact) mass is 412 g/mol. The van der Waals surface area contributed by atoms with Crippen molar-refractivity contribution in [1.82, 2.24) is 9.97 Å². The number of para-hydroxylation sites is 1. The lowest BCUT2D eigenvalue weighted by Crippen LogP contribution is -2.38. The molecule has 0 radical (unpaired) electrons. The molecule has 29 heavy (non-hydrogen) atoms. The largest absolute Gasteiger partial charge is 0.435 e. The van der Waals surface area contributed by atoms with Crippen LogP contribution in [0.4, 0.5) is 15.9 Å². The number of nitrogen functional groups attached to an aromatic ring is 1. The van der Waals surface area contributed by atoms with E-state index in [1.54, 1.807) is 56.4 Å². The van der Waals surface area contributed by atoms with Gasteiger partial charge in [-0.25, -0.2) is 14.4 Å². The van der Waals surface area contributed by atoms with Gasteiger partial charge in [0.2, 0.25) is 11.8 Å². The summed E-state index contributed by atoms with van der Waals surface area (Å²) < 4.78 is 20.2. The first-order valence-electron chi connectivity index (χ1n) is 8.93. The predicted molar refractivity (Wildman–Crippen MR) is 109 cm³/mol. The van der Waals surface area contributed by atoms with Crippen LogP contribution in [-0.4, -0.2) is 15.9 Å². The van der Waals surface area contributed by atoms with Crippen molar-refractivity contribution in [2.75, 3.05) is 11.1 Å². The Hall–Kier alpha value is -3.19. The van der Waals surface area contributed by atoms with Crippen molar-refractivity contribution in [2.24, 2.45) is 5.41 Å². The summed E-state index contributed by atoms with van der Waals surface area (Å²) in [5.41, 5.74) is 6.42. The highest BCUT2D eigenvalue weighted by molar-refractivity contribution is 6.29. The van der Waals surface area contributed by atoms with Crippen molar-refractivity contribution in [3.63, 3.8) is 0 Å². The molecule has 0 spiro atoms. The molecule has 2 aromatic heterocycles. The van der Waals surface area contributed by atoms with Gasteiger partial charge in [-0.2, -0.15) is 0 Å². The molecule has 0 bridgehead atoms. The minimum Gasteiger partial charge on any atom is -0.435 e. The average Bonchev–Trinajstić information content (AvgIpc) is 2.68. The molecule has 1 atom stereocenters. The van der Waals surface area contributed by atoms with Gasteiger partial charge in [0.05, 0.1) is 11.1 Å². The van der Waals surface area contributed by atoms with Gasteiger partial charge in [-0.1, -0.05) is 37.6 Å². The van der Waals surface area contributed by atoms with Gasteiger partial charge in [0.15, 0.2) is 17.4 Å². The number of aromatic nitrogens is 2. The first-order valence-corrected chi connectivity index (χ1v) is 9.31. The number of halogens is 2. The van der Waals surface area contributed by atoms with Gasteiger partial charge in [-0.3, -0.25) is 4.79 Å². The minimum absolute atomic E-state index is 0.0398. The van der Waals surface area contributed by atoms with Crippen molar-refractivity contribution in [3.05, 3.63) is 70.8 Å². The summed E-state index contributed by atoms with van der Waals surface area (Å²) in [6.45, 7) is 3.54. The van der Waals surface area contributed by atoms with E-state index in [0.717, 1.165) is 0 Å². The van der Waals surface area contributed by atoms with Crippen molar-refractivity contribution in [2.45, 2.75) is 19.8 Å². The maximum atomic E-state index is 14.5. The molecule has 148 valence electrons. The van der Waals surface area contributed by atoms with Crippen LogP contribution in [0.3, 0.4) is 0 Å². The summed E-state index contributed by atoms with van der Waals surface area (Å²) in [5, 5.41) is 2.99. The van der Waals surface area contributed by atoms with Crippen LogP contribution in [0.25, 0.3) is 0 Å². The lowest BCUT2D eigenvalue weighted by molar-refractivity contribution is -0.124. The number of nitrogens with zero attached hydrogens (tertiary/aromatic N) is 2. The van der Waals surface area contributed by atoms with E-state index in [1.165, 1.54) is 6.07 Å². The number of hydrogen-bond acceptors (Lipinski definition) is 5. The molecule has 0 saturated carbocycles. The van der Waals surface area contributed by atoms with E-state index in [0.29, 0.717) is 16.8 Å². The third-order valence-electron chi connectivity index (χ3n) is 5.05. The summed E-state index contributed by atoms with van der Waals surface area (Å²) in [6.07, 6.45) is 1.54. The molecule has 3 aromatic rings. The Morgan fingerprint density at radius 1 is 1.21 bits per heavy atom. The molecule has 1 unspecified atom stereocenters. The van der Waals surface area contributed by atoms with Crippen LogP contribution in [0.2, 0.25) is 5.15 Å². The van der Waals surface area contributed by atoms with E-state index in [9.17, 15) is 9.18 Å². The van der Waals surface area contributed by atoms with E-state index in [1.807, 2.05) is 0 Å². The summed E-state index contributed by atoms with van der Waals surface area (Å²) in [7, 11) is 0. The van der Waals surface area contributed by atoms with Gasteiger partial charge < -0.3 is 15.8 Å². The Balaban J connectivity index is 1.82. The molecule has 4 rings (SSSR count). The molecule has 6 nitrogen and oxygen atoms in total. The van der Waals surface area contributed by atoms with Crippen molar-refractivity contribution < 1.29 is 13.9 Å². The number of rotatable bonds is 3. The predicted octanol–water partition coefficient (Wildman–Crippen LogP) is 4.75. The Morgan fingerprint density at radius 2 is 2.00 bits per heavy atom. The molecule has 8 heteroatoms. The number of benzene rings is 1. The number of nitrogens with one attached hydrogen (secondary N) is 1. The Kier molecular flexibility index (Phi) is 4.62. The SMILES string of the molecule is CC(C)(C(=O)Nc1ncccc1N)C1c2ccc(Cl)nc2Oc2c(F)cccc21. The van der Waals surface area contributed by atoms with Crippen LogP contribution in [0.5, 0.6) is 11.6 Å². The fourth-order valence-electron chi connectivity index (χ4n) is 3.55. The summed E-state index contributed by atoms with van der Waals surface area (Å²) in [6, 6.07) is 11.3. The van der Waals surface area contributed by atoms with Crippen LogP contribution in [-0.2, 0) is 4.79 Å². The Bertz CT molecular complexity index is 1120. The van der Waals surface area contributed by atoms with Crippen LogP contribution in [0.1, 0.15) is 30.9 Å². The number of nitrogens with two attached hydrogens (primary N) is 1. The minimum atomic E-state index is -1.03. The summed E-state index contributed by atoms with van der Waals surface area (Å²) in [4.78, 5) is 21.6. The number of pyridine rings is 2. The molecule has 3 N–H and O–H groups in total. The smallest absolute Gasteiger partial charge is 0.232 e. The molecule has 1 aromatic carbocycles. The molecule has 0 aliphatic carbocycles. The molecule has 0 fully saturated rings. The maximum Gasteiger partial charge on any atom is 0.232 e. The molecular formula is C21H18ClFN4O2. The second kappa shape index (κ2) is 7.00. The third-order valence-corrected chi connectivity index (χ3v) is 5.26. The lowest BCUT2D eigenvalue weighted by Gasteiger charge is -2.37. The summed E-state index contributed by atoms with van der Waals surface area (Å²) >= 11 is 6.01. The number of carbonyl (C=O) groups excluding carboxylic acids is 1. The maximum absolute atomic E-state index is 14.5. The van der Waals surface area contributed by atoms with E-state index in [2.05, 4.69) is 15.3 Å². The number of anilines is 2. The van der Waals surface area contributed by atoms with Crippen LogP contribution in [0.15, 0.2) is 48.7 Å². The van der Waals surface area contributed by atoms with Crippen molar-refractivity contribution in [3.8, 4) is 11.6 Å². The highest BCUT2D eigenvalue weighted by Gasteiger charge is 2.45. The Morgan fingerprint density at radius 3 is 2.76 bits per heavy atom. The zero-order valence-electron chi connectivity index (χ0n) is 15.7. The fourth-order valence-corrected chi connectivity index (χ4v) is 3.69. The molecule has 1 aliphatic heterocycles. The van der Waals surface area contributed by atoms with Crippen LogP contribution >= 0.6 is 11.6 Å². The van der Waals surface area contributed by atoms with E-state index >= 15 is 0 Å². The van der Waals surface area contributed by atoms with Gasteiger partial charge >= 0.3 is 0 Å². The normalized spacial score (nSPS) is 15.1. The summed E-state index contributed by atoms with van der Waals surface area (Å²) in [5.74, 6) is -0.912. The number of ether oxygens (including phenoxy) is 1. The first-order chi connectivity index (χ1) is 13.8. The highest BCUT2D eigenvalue weighted by Crippen LogP contribution is 2.52. The number of fused-ring (bicyclic) bond motifs is 2. The van der Waals surface area contributed by atoms with Gasteiger partial charge in [0, 0.05) is 23.2 Å².